The van der Waals surface area contributed by atoms with E-state index in [1.807, 2.05) is 0 Å². The summed E-state index contributed by atoms with van der Waals surface area (Å²) < 4.78 is 10.4. The van der Waals surface area contributed by atoms with Gasteiger partial charge < -0.3 is 19.5 Å². The standard InChI is InChI=1S/C15H19NO5/c1-20-12-5-3-4-11(14(12)21-2)15(19)16(9-13(17)18)8-10-6-7-10/h3-5,10H,6-9H2,1-2H3,(H,17,18). The van der Waals surface area contributed by atoms with Gasteiger partial charge in [-0.25, -0.2) is 0 Å². The molecule has 1 fully saturated rings. The Morgan fingerprint density at radius 3 is 2.52 bits per heavy atom. The fourth-order valence-electron chi connectivity index (χ4n) is 2.22. The Balaban J connectivity index is 2.28. The van der Waals surface area contributed by atoms with Gasteiger partial charge in [-0.05, 0) is 30.9 Å². The van der Waals surface area contributed by atoms with Crippen molar-refractivity contribution in [2.45, 2.75) is 12.8 Å². The number of methoxy groups -OCH3 is 2. The van der Waals surface area contributed by atoms with Gasteiger partial charge in [0.25, 0.3) is 5.91 Å². The van der Waals surface area contributed by atoms with Gasteiger partial charge in [-0.3, -0.25) is 9.59 Å². The van der Waals surface area contributed by atoms with Crippen LogP contribution in [0, 0.1) is 5.92 Å². The molecule has 0 spiro atoms. The van der Waals surface area contributed by atoms with Crippen molar-refractivity contribution in [3.05, 3.63) is 23.8 Å². The van der Waals surface area contributed by atoms with Gasteiger partial charge in [0.1, 0.15) is 6.54 Å². The van der Waals surface area contributed by atoms with Crippen LogP contribution in [-0.2, 0) is 4.79 Å². The van der Waals surface area contributed by atoms with Crippen molar-refractivity contribution < 1.29 is 24.2 Å². The highest BCUT2D eigenvalue weighted by Crippen LogP contribution is 2.33. The van der Waals surface area contributed by atoms with Gasteiger partial charge in [0.15, 0.2) is 11.5 Å². The zero-order valence-electron chi connectivity index (χ0n) is 12.2. The highest BCUT2D eigenvalue weighted by atomic mass is 16.5. The largest absolute Gasteiger partial charge is 0.493 e. The molecule has 0 unspecified atom stereocenters. The first-order valence-electron chi connectivity index (χ1n) is 6.78. The van der Waals surface area contributed by atoms with Crippen LogP contribution in [0.5, 0.6) is 11.5 Å². The lowest BCUT2D eigenvalue weighted by atomic mass is 10.1. The number of benzene rings is 1. The third kappa shape index (κ3) is 3.65. The van der Waals surface area contributed by atoms with Crippen molar-refractivity contribution in [1.82, 2.24) is 4.90 Å². The summed E-state index contributed by atoms with van der Waals surface area (Å²) in [6, 6.07) is 4.99. The first kappa shape index (κ1) is 15.2. The fourth-order valence-corrected chi connectivity index (χ4v) is 2.22. The second-order valence-electron chi connectivity index (χ2n) is 5.06. The number of aliphatic carboxylic acids is 1. The van der Waals surface area contributed by atoms with E-state index in [1.165, 1.54) is 19.1 Å². The molecular formula is C15H19NO5. The maximum absolute atomic E-state index is 12.6. The van der Waals surface area contributed by atoms with Crippen LogP contribution >= 0.6 is 0 Å². The van der Waals surface area contributed by atoms with Crippen LogP contribution in [0.15, 0.2) is 18.2 Å². The number of carboxylic acids is 1. The molecule has 21 heavy (non-hydrogen) atoms. The van der Waals surface area contributed by atoms with Gasteiger partial charge in [-0.2, -0.15) is 0 Å². The monoisotopic (exact) mass is 293 g/mol. The minimum Gasteiger partial charge on any atom is -0.493 e. The molecule has 0 saturated heterocycles. The minimum atomic E-state index is -1.02. The first-order chi connectivity index (χ1) is 10.1. The SMILES string of the molecule is COc1cccc(C(=O)N(CC(=O)O)CC2CC2)c1OC. The maximum Gasteiger partial charge on any atom is 0.323 e. The van der Waals surface area contributed by atoms with Crippen molar-refractivity contribution in [2.75, 3.05) is 27.3 Å². The molecule has 1 aliphatic carbocycles. The lowest BCUT2D eigenvalue weighted by Crippen LogP contribution is -2.37. The number of carbonyl (C=O) groups excluding carboxylic acids is 1. The van der Waals surface area contributed by atoms with E-state index in [1.54, 1.807) is 18.2 Å². The number of ether oxygens (including phenoxy) is 2. The Morgan fingerprint density at radius 2 is 2.00 bits per heavy atom. The molecule has 2 rings (SSSR count). The molecule has 6 heteroatoms. The molecule has 1 aromatic carbocycles. The molecule has 0 heterocycles. The van der Waals surface area contributed by atoms with Gasteiger partial charge in [0.05, 0.1) is 19.8 Å². The third-order valence-corrected chi connectivity index (χ3v) is 3.42. The van der Waals surface area contributed by atoms with Crippen molar-refractivity contribution in [3.8, 4) is 11.5 Å². The molecular weight excluding hydrogens is 274 g/mol. The molecule has 0 radical (unpaired) electrons. The van der Waals surface area contributed by atoms with E-state index in [0.717, 1.165) is 12.8 Å². The summed E-state index contributed by atoms with van der Waals surface area (Å²) in [6.45, 7) is 0.154. The molecule has 0 aliphatic heterocycles. The van der Waals surface area contributed by atoms with Crippen LogP contribution in [0.1, 0.15) is 23.2 Å². The van der Waals surface area contributed by atoms with Crippen molar-refractivity contribution in [2.24, 2.45) is 5.92 Å². The van der Waals surface area contributed by atoms with E-state index in [9.17, 15) is 9.59 Å². The highest BCUT2D eigenvalue weighted by Gasteiger charge is 2.30. The lowest BCUT2D eigenvalue weighted by molar-refractivity contribution is -0.137. The van der Waals surface area contributed by atoms with Gasteiger partial charge in [0.2, 0.25) is 0 Å². The molecule has 0 atom stereocenters. The smallest absolute Gasteiger partial charge is 0.323 e. The molecule has 0 bridgehead atoms. The molecule has 0 aromatic heterocycles. The van der Waals surface area contributed by atoms with E-state index in [0.29, 0.717) is 29.5 Å². The molecule has 6 nitrogen and oxygen atoms in total. The predicted octanol–water partition coefficient (Wildman–Crippen LogP) is 1.64. The van der Waals surface area contributed by atoms with E-state index < -0.39 is 5.97 Å². The van der Waals surface area contributed by atoms with Crippen molar-refractivity contribution >= 4 is 11.9 Å². The number of nitrogens with zero attached hydrogens (tertiary/aromatic N) is 1. The summed E-state index contributed by atoms with van der Waals surface area (Å²) >= 11 is 0. The Hall–Kier alpha value is -2.24. The number of para-hydroxylation sites is 1. The Morgan fingerprint density at radius 1 is 1.29 bits per heavy atom. The van der Waals surface area contributed by atoms with Gasteiger partial charge >= 0.3 is 5.97 Å². The number of hydrogen-bond donors (Lipinski definition) is 1. The van der Waals surface area contributed by atoms with E-state index in [2.05, 4.69) is 0 Å². The summed E-state index contributed by atoms with van der Waals surface area (Å²) in [7, 11) is 2.95. The topological polar surface area (TPSA) is 76.1 Å². The fraction of sp³-hybridized carbons (Fsp3) is 0.467. The summed E-state index contributed by atoms with van der Waals surface area (Å²) in [5.74, 6) is -0.183. The van der Waals surface area contributed by atoms with E-state index in [-0.39, 0.29) is 12.5 Å². The normalized spacial score (nSPS) is 13.6. The van der Waals surface area contributed by atoms with Gasteiger partial charge in [0, 0.05) is 6.54 Å². The number of carbonyl (C=O) groups is 2. The van der Waals surface area contributed by atoms with Crippen molar-refractivity contribution in [3.63, 3.8) is 0 Å². The van der Waals surface area contributed by atoms with Crippen LogP contribution in [0.3, 0.4) is 0 Å². The Labute approximate surface area is 123 Å². The zero-order chi connectivity index (χ0) is 15.4. The second kappa shape index (κ2) is 6.47. The average molecular weight is 293 g/mol. The Kier molecular flexibility index (Phi) is 4.67. The van der Waals surface area contributed by atoms with Crippen LogP contribution in [0.25, 0.3) is 0 Å². The number of hydrogen-bond acceptors (Lipinski definition) is 4. The summed E-state index contributed by atoms with van der Waals surface area (Å²) in [5, 5.41) is 8.99. The van der Waals surface area contributed by atoms with Crippen molar-refractivity contribution in [1.29, 1.82) is 0 Å². The molecule has 1 aromatic rings. The number of rotatable bonds is 7. The lowest BCUT2D eigenvalue weighted by Gasteiger charge is -2.22. The molecule has 1 amide bonds. The van der Waals surface area contributed by atoms with Crippen LogP contribution < -0.4 is 9.47 Å². The number of carboxylic acid groups (broad SMARTS) is 1. The molecule has 1 aliphatic rings. The van der Waals surface area contributed by atoms with E-state index in [4.69, 9.17) is 14.6 Å². The summed E-state index contributed by atoms with van der Waals surface area (Å²) in [6.07, 6.45) is 2.08. The van der Waals surface area contributed by atoms with Gasteiger partial charge in [-0.1, -0.05) is 6.07 Å². The van der Waals surface area contributed by atoms with E-state index >= 15 is 0 Å². The summed E-state index contributed by atoms with van der Waals surface area (Å²) in [5.41, 5.74) is 0.318. The van der Waals surface area contributed by atoms with Crippen LogP contribution in [0.4, 0.5) is 0 Å². The second-order valence-corrected chi connectivity index (χ2v) is 5.06. The summed E-state index contributed by atoms with van der Waals surface area (Å²) in [4.78, 5) is 25.0. The quantitative estimate of drug-likeness (QED) is 0.827. The van der Waals surface area contributed by atoms with Gasteiger partial charge in [-0.15, -0.1) is 0 Å². The zero-order valence-corrected chi connectivity index (χ0v) is 12.2. The van der Waals surface area contributed by atoms with Crippen LogP contribution in [-0.4, -0.2) is 49.2 Å². The third-order valence-electron chi connectivity index (χ3n) is 3.42. The molecule has 1 N–H and O–H groups in total. The molecule has 114 valence electrons. The Bertz CT molecular complexity index is 539. The first-order valence-corrected chi connectivity index (χ1v) is 6.78. The highest BCUT2D eigenvalue weighted by molar-refractivity contribution is 5.99. The maximum atomic E-state index is 12.6. The molecule has 1 saturated carbocycles. The minimum absolute atomic E-state index is 0.310. The number of amides is 1. The predicted molar refractivity (Wildman–Crippen MR) is 75.8 cm³/mol. The average Bonchev–Trinajstić information content (AvgIpc) is 3.28. The van der Waals surface area contributed by atoms with Crippen LogP contribution in [0.2, 0.25) is 0 Å².